The smallest absolute Gasteiger partial charge is 0.405 e. The van der Waals surface area contributed by atoms with Gasteiger partial charge in [0.15, 0.2) is 0 Å². The molecule has 3 atom stereocenters. The zero-order chi connectivity index (χ0) is 22.1. The Hall–Kier alpha value is -2.86. The third kappa shape index (κ3) is 4.19. The van der Waals surface area contributed by atoms with Crippen molar-refractivity contribution in [1.82, 2.24) is 20.2 Å². The summed E-state index contributed by atoms with van der Waals surface area (Å²) in [6.07, 6.45) is 0.873. The molecule has 1 aliphatic heterocycles. The van der Waals surface area contributed by atoms with Crippen molar-refractivity contribution in [2.24, 2.45) is 11.8 Å². The molecule has 158 valence electrons. The van der Waals surface area contributed by atoms with Crippen molar-refractivity contribution < 1.29 is 14.7 Å². The summed E-state index contributed by atoms with van der Waals surface area (Å²) in [6.45, 7) is 5.66. The molecule has 1 fully saturated rings. The maximum atomic E-state index is 13.3. The van der Waals surface area contributed by atoms with Crippen LogP contribution >= 0.6 is 15.9 Å². The molecular weight excluding hydrogens is 450 g/mol. The summed E-state index contributed by atoms with van der Waals surface area (Å²) in [7, 11) is 0. The number of halogens is 1. The minimum Gasteiger partial charge on any atom is -0.465 e. The fourth-order valence-electron chi connectivity index (χ4n) is 3.91. The maximum absolute atomic E-state index is 13.3. The number of hydrogen-bond donors (Lipinski definition) is 3. The number of aromatic amines is 1. The average Bonchev–Trinajstić information content (AvgIpc) is 3.31. The fraction of sp³-hybridized carbons (Fsp3) is 0.429. The van der Waals surface area contributed by atoms with Gasteiger partial charge in [-0.3, -0.25) is 4.79 Å². The number of imidazole rings is 1. The van der Waals surface area contributed by atoms with Crippen LogP contribution < -0.4 is 5.32 Å². The van der Waals surface area contributed by atoms with Crippen molar-refractivity contribution in [1.29, 1.82) is 5.26 Å². The Morgan fingerprint density at radius 2 is 2.07 bits per heavy atom. The van der Waals surface area contributed by atoms with Crippen molar-refractivity contribution in [3.05, 3.63) is 40.8 Å². The molecule has 0 saturated carbocycles. The molecule has 0 bridgehead atoms. The summed E-state index contributed by atoms with van der Waals surface area (Å²) in [5.74, 6) is -0.384. The molecule has 30 heavy (non-hydrogen) atoms. The van der Waals surface area contributed by atoms with E-state index in [1.54, 1.807) is 24.9 Å². The zero-order valence-electron chi connectivity index (χ0n) is 17.0. The first-order chi connectivity index (χ1) is 14.2. The molecule has 3 rings (SSSR count). The Kier molecular flexibility index (Phi) is 6.17. The minimum absolute atomic E-state index is 0.227. The lowest BCUT2D eigenvalue weighted by Gasteiger charge is -2.36. The monoisotopic (exact) mass is 473 g/mol. The molecule has 0 aliphatic carbocycles. The molecule has 9 heteroatoms. The molecule has 3 N–H and O–H groups in total. The summed E-state index contributed by atoms with van der Waals surface area (Å²) >= 11 is 3.42. The summed E-state index contributed by atoms with van der Waals surface area (Å²) < 4.78 is 0.966. The second-order valence-electron chi connectivity index (χ2n) is 8.08. The standard InChI is InChI=1S/C21H24BrN5O3/c1-12(2)17(26-20(29)30)18(28)27-11-13(9-23)8-21(27,3)19-24-10-16(25-19)14-4-6-15(22)7-5-14/h4-7,10,12-13,17,26H,8,11H2,1-3H3,(H,24,25)(H,29,30). The number of H-pyrrole nitrogens is 1. The summed E-state index contributed by atoms with van der Waals surface area (Å²) in [5, 5.41) is 21.0. The van der Waals surface area contributed by atoms with Gasteiger partial charge in [0, 0.05) is 11.0 Å². The van der Waals surface area contributed by atoms with Gasteiger partial charge in [0.05, 0.1) is 29.4 Å². The highest BCUT2D eigenvalue weighted by Gasteiger charge is 2.49. The van der Waals surface area contributed by atoms with Gasteiger partial charge in [0.2, 0.25) is 5.91 Å². The lowest BCUT2D eigenvalue weighted by Crippen LogP contribution is -2.55. The Morgan fingerprint density at radius 1 is 1.40 bits per heavy atom. The highest BCUT2D eigenvalue weighted by atomic mass is 79.9. The Morgan fingerprint density at radius 3 is 2.63 bits per heavy atom. The summed E-state index contributed by atoms with van der Waals surface area (Å²) in [4.78, 5) is 34.0. The predicted molar refractivity (Wildman–Crippen MR) is 114 cm³/mol. The van der Waals surface area contributed by atoms with Gasteiger partial charge in [0.1, 0.15) is 11.9 Å². The molecule has 2 amide bonds. The first kappa shape index (κ1) is 21.8. The van der Waals surface area contributed by atoms with E-state index in [-0.39, 0.29) is 24.3 Å². The number of amides is 2. The molecule has 2 aromatic rings. The number of nitriles is 1. The van der Waals surface area contributed by atoms with Crippen LogP contribution in [0.4, 0.5) is 4.79 Å². The van der Waals surface area contributed by atoms with Crippen LogP contribution in [0.25, 0.3) is 11.3 Å². The van der Waals surface area contributed by atoms with E-state index in [4.69, 9.17) is 5.11 Å². The van der Waals surface area contributed by atoms with Crippen LogP contribution in [0.3, 0.4) is 0 Å². The summed E-state index contributed by atoms with van der Waals surface area (Å²) in [6, 6.07) is 9.11. The number of likely N-dealkylation sites (tertiary alicyclic amines) is 1. The minimum atomic E-state index is -1.25. The van der Waals surface area contributed by atoms with Crippen molar-refractivity contribution in [2.75, 3.05) is 6.54 Å². The molecule has 8 nitrogen and oxygen atoms in total. The molecule has 2 heterocycles. The molecule has 1 aromatic heterocycles. The number of hydrogen-bond acceptors (Lipinski definition) is 4. The summed E-state index contributed by atoms with van der Waals surface area (Å²) in [5.41, 5.74) is 0.898. The van der Waals surface area contributed by atoms with Gasteiger partial charge < -0.3 is 20.3 Å². The lowest BCUT2D eigenvalue weighted by atomic mass is 9.93. The van der Waals surface area contributed by atoms with Crippen LogP contribution in [-0.4, -0.2) is 44.6 Å². The van der Waals surface area contributed by atoms with Crippen molar-refractivity contribution >= 4 is 27.9 Å². The second-order valence-corrected chi connectivity index (χ2v) is 8.99. The molecular formula is C21H24BrN5O3. The number of nitrogens with one attached hydrogen (secondary N) is 2. The maximum Gasteiger partial charge on any atom is 0.405 e. The quantitative estimate of drug-likeness (QED) is 0.610. The predicted octanol–water partition coefficient (Wildman–Crippen LogP) is 3.72. The SMILES string of the molecule is CC(C)C(NC(=O)O)C(=O)N1CC(C#N)CC1(C)c1ncc(-c2ccc(Br)cc2)[nH]1. The molecule has 1 aliphatic rings. The van der Waals surface area contributed by atoms with Crippen LogP contribution in [0.15, 0.2) is 34.9 Å². The van der Waals surface area contributed by atoms with Gasteiger partial charge in [-0.05, 0) is 37.0 Å². The van der Waals surface area contributed by atoms with E-state index in [0.717, 1.165) is 15.7 Å². The van der Waals surface area contributed by atoms with Crippen LogP contribution in [0.2, 0.25) is 0 Å². The first-order valence-corrected chi connectivity index (χ1v) is 10.5. The van der Waals surface area contributed by atoms with Crippen LogP contribution in [-0.2, 0) is 10.3 Å². The van der Waals surface area contributed by atoms with Crippen molar-refractivity contribution in [2.45, 2.75) is 38.8 Å². The van der Waals surface area contributed by atoms with Crippen molar-refractivity contribution in [3.63, 3.8) is 0 Å². The number of nitrogens with zero attached hydrogens (tertiary/aromatic N) is 3. The Balaban J connectivity index is 1.96. The van der Waals surface area contributed by atoms with E-state index in [1.807, 2.05) is 31.2 Å². The Labute approximate surface area is 183 Å². The van der Waals surface area contributed by atoms with Gasteiger partial charge in [0.25, 0.3) is 0 Å². The van der Waals surface area contributed by atoms with E-state index in [9.17, 15) is 14.9 Å². The van der Waals surface area contributed by atoms with E-state index < -0.39 is 17.7 Å². The van der Waals surface area contributed by atoms with E-state index >= 15 is 0 Å². The van der Waals surface area contributed by atoms with Crippen LogP contribution in [0.5, 0.6) is 0 Å². The van der Waals surface area contributed by atoms with Gasteiger partial charge >= 0.3 is 6.09 Å². The van der Waals surface area contributed by atoms with Gasteiger partial charge in [-0.15, -0.1) is 0 Å². The molecule has 3 unspecified atom stereocenters. The van der Waals surface area contributed by atoms with E-state index in [1.165, 1.54) is 0 Å². The van der Waals surface area contributed by atoms with Gasteiger partial charge in [-0.2, -0.15) is 5.26 Å². The zero-order valence-corrected chi connectivity index (χ0v) is 18.6. The number of carbonyl (C=O) groups excluding carboxylic acids is 1. The number of benzene rings is 1. The largest absolute Gasteiger partial charge is 0.465 e. The third-order valence-corrected chi connectivity index (χ3v) is 6.07. The fourth-order valence-corrected chi connectivity index (χ4v) is 4.17. The average molecular weight is 474 g/mol. The van der Waals surface area contributed by atoms with Crippen molar-refractivity contribution in [3.8, 4) is 17.3 Å². The highest BCUT2D eigenvalue weighted by molar-refractivity contribution is 9.10. The molecule has 1 saturated heterocycles. The highest BCUT2D eigenvalue weighted by Crippen LogP contribution is 2.41. The normalized spacial score (nSPS) is 22.0. The van der Waals surface area contributed by atoms with E-state index in [0.29, 0.717) is 12.2 Å². The van der Waals surface area contributed by atoms with Gasteiger partial charge in [-0.1, -0.05) is 41.9 Å². The number of carboxylic acid groups (broad SMARTS) is 1. The van der Waals surface area contributed by atoms with Crippen LogP contribution in [0, 0.1) is 23.2 Å². The lowest BCUT2D eigenvalue weighted by molar-refractivity contribution is -0.138. The number of rotatable bonds is 5. The van der Waals surface area contributed by atoms with Crippen LogP contribution in [0.1, 0.15) is 33.0 Å². The molecule has 0 spiro atoms. The second kappa shape index (κ2) is 8.48. The van der Waals surface area contributed by atoms with Gasteiger partial charge in [-0.25, -0.2) is 9.78 Å². The number of carbonyl (C=O) groups is 2. The first-order valence-electron chi connectivity index (χ1n) is 9.67. The Bertz CT molecular complexity index is 981. The molecule has 1 aromatic carbocycles. The van der Waals surface area contributed by atoms with E-state index in [2.05, 4.69) is 37.3 Å². The molecule has 0 radical (unpaired) electrons. The number of aromatic nitrogens is 2. The third-order valence-electron chi connectivity index (χ3n) is 5.54. The topological polar surface area (TPSA) is 122 Å².